The van der Waals surface area contributed by atoms with Gasteiger partial charge in [-0.25, -0.2) is 4.39 Å². The molecule has 2 aromatic carbocycles. The van der Waals surface area contributed by atoms with Gasteiger partial charge < -0.3 is 0 Å². The normalized spacial score (nSPS) is 10.8. The second kappa shape index (κ2) is 5.44. The molecule has 0 saturated carbocycles. The molecule has 1 aromatic heterocycles. The fraction of sp³-hybridized carbons (Fsp3) is 0.111. The molecule has 0 aliphatic heterocycles. The van der Waals surface area contributed by atoms with Crippen molar-refractivity contribution in [2.24, 2.45) is 0 Å². The number of aryl methyl sites for hydroxylation is 1. The number of aromatic nitrogens is 1. The van der Waals surface area contributed by atoms with Gasteiger partial charge in [-0.1, -0.05) is 30.3 Å². The van der Waals surface area contributed by atoms with Crippen molar-refractivity contribution >= 4 is 16.7 Å². The van der Waals surface area contributed by atoms with Gasteiger partial charge in [0, 0.05) is 23.1 Å². The van der Waals surface area contributed by atoms with Gasteiger partial charge in [-0.2, -0.15) is 0 Å². The molecule has 0 bridgehead atoms. The zero-order chi connectivity index (χ0) is 14.8. The molecule has 3 aromatic rings. The number of carbonyl (C=O) groups excluding carboxylic acids is 1. The summed E-state index contributed by atoms with van der Waals surface area (Å²) in [5.41, 5.74) is 2.93. The van der Waals surface area contributed by atoms with Gasteiger partial charge in [0.1, 0.15) is 5.82 Å². The molecule has 2 nitrogen and oxygen atoms in total. The highest BCUT2D eigenvalue weighted by Crippen LogP contribution is 2.20. The largest absolute Gasteiger partial charge is 0.294 e. The lowest BCUT2D eigenvalue weighted by Gasteiger charge is -2.07. The predicted molar refractivity (Wildman–Crippen MR) is 80.9 cm³/mol. The number of hydrogen-bond acceptors (Lipinski definition) is 2. The topological polar surface area (TPSA) is 30.0 Å². The van der Waals surface area contributed by atoms with Crippen LogP contribution in [0.3, 0.4) is 0 Å². The summed E-state index contributed by atoms with van der Waals surface area (Å²) in [7, 11) is 0. The fourth-order valence-electron chi connectivity index (χ4n) is 2.47. The van der Waals surface area contributed by atoms with E-state index in [0.717, 1.165) is 16.6 Å². The maximum Gasteiger partial charge on any atom is 0.167 e. The predicted octanol–water partition coefficient (Wildman–Crippen LogP) is 4.11. The summed E-state index contributed by atoms with van der Waals surface area (Å²) in [5, 5.41) is 0.838. The number of fused-ring (bicyclic) bond motifs is 1. The van der Waals surface area contributed by atoms with Crippen molar-refractivity contribution < 1.29 is 9.18 Å². The molecule has 0 N–H and O–H groups in total. The minimum atomic E-state index is -0.323. The van der Waals surface area contributed by atoms with Crippen LogP contribution in [-0.4, -0.2) is 10.8 Å². The summed E-state index contributed by atoms with van der Waals surface area (Å²) >= 11 is 0. The number of carbonyl (C=O) groups is 1. The average molecular weight is 279 g/mol. The van der Waals surface area contributed by atoms with E-state index in [0.29, 0.717) is 11.1 Å². The molecule has 0 aliphatic carbocycles. The third-order valence-corrected chi connectivity index (χ3v) is 3.40. The van der Waals surface area contributed by atoms with Crippen LogP contribution in [0.5, 0.6) is 0 Å². The number of halogens is 1. The van der Waals surface area contributed by atoms with Crippen molar-refractivity contribution in [2.75, 3.05) is 0 Å². The van der Waals surface area contributed by atoms with Gasteiger partial charge in [0.15, 0.2) is 5.78 Å². The van der Waals surface area contributed by atoms with Gasteiger partial charge in [-0.3, -0.25) is 9.78 Å². The van der Waals surface area contributed by atoms with Crippen molar-refractivity contribution in [3.8, 4) is 0 Å². The fourth-order valence-corrected chi connectivity index (χ4v) is 2.47. The van der Waals surface area contributed by atoms with E-state index in [1.807, 2.05) is 31.2 Å². The summed E-state index contributed by atoms with van der Waals surface area (Å²) < 4.78 is 13.2. The number of hydrogen-bond donors (Lipinski definition) is 0. The standard InChI is InChI=1S/C18H14FNO/c1-12-9-16(15-7-2-3-8-17(15)20-12)18(21)11-13-5-4-6-14(19)10-13/h2-10H,11H2,1H3. The van der Waals surface area contributed by atoms with E-state index in [1.54, 1.807) is 18.2 Å². The smallest absolute Gasteiger partial charge is 0.167 e. The van der Waals surface area contributed by atoms with Crippen molar-refractivity contribution in [2.45, 2.75) is 13.3 Å². The van der Waals surface area contributed by atoms with Crippen LogP contribution < -0.4 is 0 Å². The average Bonchev–Trinajstić information content (AvgIpc) is 2.46. The van der Waals surface area contributed by atoms with E-state index in [9.17, 15) is 9.18 Å². The zero-order valence-corrected chi connectivity index (χ0v) is 11.6. The van der Waals surface area contributed by atoms with Gasteiger partial charge >= 0.3 is 0 Å². The van der Waals surface area contributed by atoms with E-state index in [4.69, 9.17) is 0 Å². The Hall–Kier alpha value is -2.55. The van der Waals surface area contributed by atoms with Crippen LogP contribution in [-0.2, 0) is 6.42 Å². The second-order valence-corrected chi connectivity index (χ2v) is 5.06. The van der Waals surface area contributed by atoms with Gasteiger partial charge in [-0.15, -0.1) is 0 Å². The lowest BCUT2D eigenvalue weighted by Crippen LogP contribution is -2.06. The molecule has 3 heteroatoms. The Morgan fingerprint density at radius 1 is 1.10 bits per heavy atom. The van der Waals surface area contributed by atoms with Gasteiger partial charge in [-0.05, 0) is 36.8 Å². The number of rotatable bonds is 3. The molecule has 104 valence electrons. The highest BCUT2D eigenvalue weighted by atomic mass is 19.1. The van der Waals surface area contributed by atoms with E-state index in [2.05, 4.69) is 4.98 Å². The molecule has 0 saturated heterocycles. The van der Waals surface area contributed by atoms with Crippen molar-refractivity contribution in [3.05, 3.63) is 77.2 Å². The Balaban J connectivity index is 2.02. The quantitative estimate of drug-likeness (QED) is 0.675. The summed E-state index contributed by atoms with van der Waals surface area (Å²) in [6, 6.07) is 15.5. The number of Topliss-reactive ketones (excluding diaryl/α,β-unsaturated/α-hetero) is 1. The van der Waals surface area contributed by atoms with Gasteiger partial charge in [0.05, 0.1) is 5.52 Å². The molecule has 3 rings (SSSR count). The molecule has 21 heavy (non-hydrogen) atoms. The SMILES string of the molecule is Cc1cc(C(=O)Cc2cccc(F)c2)c2ccccc2n1. The van der Waals surface area contributed by atoms with Crippen LogP contribution in [0.15, 0.2) is 54.6 Å². The van der Waals surface area contributed by atoms with E-state index >= 15 is 0 Å². The third-order valence-electron chi connectivity index (χ3n) is 3.40. The van der Waals surface area contributed by atoms with Gasteiger partial charge in [0.25, 0.3) is 0 Å². The first-order valence-electron chi connectivity index (χ1n) is 6.77. The van der Waals surface area contributed by atoms with Crippen LogP contribution in [0.1, 0.15) is 21.6 Å². The Kier molecular flexibility index (Phi) is 3.48. The summed E-state index contributed by atoms with van der Waals surface area (Å²) in [4.78, 5) is 17.0. The monoisotopic (exact) mass is 279 g/mol. The molecule has 0 radical (unpaired) electrons. The minimum Gasteiger partial charge on any atom is -0.294 e. The molecule has 0 unspecified atom stereocenters. The van der Waals surface area contributed by atoms with Crippen LogP contribution in [0.2, 0.25) is 0 Å². The summed E-state index contributed by atoms with van der Waals surface area (Å²) in [6.45, 7) is 1.87. The van der Waals surface area contributed by atoms with Crippen molar-refractivity contribution in [3.63, 3.8) is 0 Å². The first kappa shape index (κ1) is 13.4. The lowest BCUT2D eigenvalue weighted by atomic mass is 9.99. The summed E-state index contributed by atoms with van der Waals surface area (Å²) in [5.74, 6) is -0.349. The molecule has 0 fully saturated rings. The molecule has 0 spiro atoms. The number of nitrogens with zero attached hydrogens (tertiary/aromatic N) is 1. The molecule has 0 amide bonds. The van der Waals surface area contributed by atoms with Crippen LogP contribution in [0, 0.1) is 12.7 Å². The van der Waals surface area contributed by atoms with E-state index in [-0.39, 0.29) is 18.0 Å². The second-order valence-electron chi connectivity index (χ2n) is 5.06. The number of para-hydroxylation sites is 1. The van der Waals surface area contributed by atoms with E-state index in [1.165, 1.54) is 12.1 Å². The van der Waals surface area contributed by atoms with Gasteiger partial charge in [0.2, 0.25) is 0 Å². The van der Waals surface area contributed by atoms with Crippen LogP contribution in [0.25, 0.3) is 10.9 Å². The highest BCUT2D eigenvalue weighted by molar-refractivity contribution is 6.08. The highest BCUT2D eigenvalue weighted by Gasteiger charge is 2.12. The maximum atomic E-state index is 13.2. The Labute approximate surface area is 122 Å². The van der Waals surface area contributed by atoms with Crippen LogP contribution >= 0.6 is 0 Å². The van der Waals surface area contributed by atoms with Crippen molar-refractivity contribution in [1.29, 1.82) is 0 Å². The Morgan fingerprint density at radius 3 is 2.71 bits per heavy atom. The molecular formula is C18H14FNO. The zero-order valence-electron chi connectivity index (χ0n) is 11.6. The number of benzene rings is 2. The first-order valence-corrected chi connectivity index (χ1v) is 6.77. The maximum absolute atomic E-state index is 13.2. The third kappa shape index (κ3) is 2.82. The first-order chi connectivity index (χ1) is 10.1. The number of pyridine rings is 1. The Bertz CT molecular complexity index is 826. The van der Waals surface area contributed by atoms with E-state index < -0.39 is 0 Å². The molecule has 1 heterocycles. The molecule has 0 aliphatic rings. The Morgan fingerprint density at radius 2 is 1.90 bits per heavy atom. The van der Waals surface area contributed by atoms with Crippen LogP contribution in [0.4, 0.5) is 4.39 Å². The minimum absolute atomic E-state index is 0.0256. The number of ketones is 1. The lowest BCUT2D eigenvalue weighted by molar-refractivity contribution is 0.0994. The van der Waals surface area contributed by atoms with Crippen molar-refractivity contribution in [1.82, 2.24) is 4.98 Å². The molecule has 0 atom stereocenters. The summed E-state index contributed by atoms with van der Waals surface area (Å²) in [6.07, 6.45) is 0.186. The molecular weight excluding hydrogens is 265 g/mol.